The van der Waals surface area contributed by atoms with Crippen molar-refractivity contribution in [2.24, 2.45) is 0 Å². The van der Waals surface area contributed by atoms with Gasteiger partial charge in [0, 0.05) is 10.6 Å². The Labute approximate surface area is 140 Å². The molecular weight excluding hydrogens is 330 g/mol. The minimum absolute atomic E-state index is 0.223. The number of para-hydroxylation sites is 1. The number of rotatable bonds is 4. The van der Waals surface area contributed by atoms with Crippen molar-refractivity contribution in [1.82, 2.24) is 0 Å². The molecule has 3 aromatic carbocycles. The van der Waals surface area contributed by atoms with Gasteiger partial charge in [-0.2, -0.15) is 0 Å². The van der Waals surface area contributed by atoms with Gasteiger partial charge in [0.15, 0.2) is 0 Å². The van der Waals surface area contributed by atoms with Gasteiger partial charge >= 0.3 is 0 Å². The Hall–Kier alpha value is -2.30. The molecule has 23 heavy (non-hydrogen) atoms. The molecule has 3 aromatic rings. The smallest absolute Gasteiger partial charge is 0.261 e. The zero-order chi connectivity index (χ0) is 16.3. The van der Waals surface area contributed by atoms with Crippen molar-refractivity contribution < 1.29 is 8.42 Å². The molecule has 0 saturated heterocycles. The third-order valence-corrected chi connectivity index (χ3v) is 4.98. The van der Waals surface area contributed by atoms with Gasteiger partial charge in [0.05, 0.1) is 10.6 Å². The third kappa shape index (κ3) is 3.55. The molecule has 0 amide bonds. The summed E-state index contributed by atoms with van der Waals surface area (Å²) >= 11 is 6.04. The van der Waals surface area contributed by atoms with Gasteiger partial charge in [-0.25, -0.2) is 8.42 Å². The normalized spacial score (nSPS) is 11.2. The maximum atomic E-state index is 12.5. The van der Waals surface area contributed by atoms with Crippen LogP contribution >= 0.6 is 11.6 Å². The van der Waals surface area contributed by atoms with E-state index >= 15 is 0 Å². The van der Waals surface area contributed by atoms with Crippen LogP contribution in [0.3, 0.4) is 0 Å². The molecular formula is C18H14ClNO2S. The largest absolute Gasteiger partial charge is 0.279 e. The Morgan fingerprint density at radius 2 is 1.48 bits per heavy atom. The molecule has 1 N–H and O–H groups in total. The van der Waals surface area contributed by atoms with E-state index in [0.717, 1.165) is 11.1 Å². The van der Waals surface area contributed by atoms with E-state index in [0.29, 0.717) is 10.7 Å². The van der Waals surface area contributed by atoms with E-state index in [1.165, 1.54) is 0 Å². The summed E-state index contributed by atoms with van der Waals surface area (Å²) in [6.45, 7) is 0. The minimum atomic E-state index is -3.64. The Bertz CT molecular complexity index is 925. The molecule has 0 atom stereocenters. The monoisotopic (exact) mass is 343 g/mol. The Morgan fingerprint density at radius 3 is 2.22 bits per heavy atom. The Morgan fingerprint density at radius 1 is 0.783 bits per heavy atom. The van der Waals surface area contributed by atoms with Crippen molar-refractivity contribution in [3.05, 3.63) is 83.9 Å². The lowest BCUT2D eigenvalue weighted by atomic mass is 10.0. The average Bonchev–Trinajstić information content (AvgIpc) is 2.56. The van der Waals surface area contributed by atoms with Crippen molar-refractivity contribution >= 4 is 27.3 Å². The van der Waals surface area contributed by atoms with E-state index in [1.807, 2.05) is 24.3 Å². The van der Waals surface area contributed by atoms with Gasteiger partial charge in [0.2, 0.25) is 0 Å². The highest BCUT2D eigenvalue weighted by molar-refractivity contribution is 7.92. The van der Waals surface area contributed by atoms with Crippen LogP contribution in [0.25, 0.3) is 11.1 Å². The van der Waals surface area contributed by atoms with Crippen molar-refractivity contribution in [3.63, 3.8) is 0 Å². The minimum Gasteiger partial charge on any atom is -0.279 e. The van der Waals surface area contributed by atoms with Crippen molar-refractivity contribution in [2.75, 3.05) is 4.72 Å². The summed E-state index contributed by atoms with van der Waals surface area (Å²) in [5.74, 6) is 0. The molecule has 0 aromatic heterocycles. The first-order valence-corrected chi connectivity index (χ1v) is 8.85. The van der Waals surface area contributed by atoms with Crippen molar-refractivity contribution in [1.29, 1.82) is 0 Å². The van der Waals surface area contributed by atoms with Crippen LogP contribution in [-0.4, -0.2) is 8.42 Å². The van der Waals surface area contributed by atoms with Crippen LogP contribution in [0.1, 0.15) is 0 Å². The highest BCUT2D eigenvalue weighted by Gasteiger charge is 2.15. The lowest BCUT2D eigenvalue weighted by molar-refractivity contribution is 0.601. The lowest BCUT2D eigenvalue weighted by Gasteiger charge is -2.13. The highest BCUT2D eigenvalue weighted by Crippen LogP contribution is 2.31. The molecule has 0 aliphatic heterocycles. The van der Waals surface area contributed by atoms with Gasteiger partial charge in [-0.3, -0.25) is 4.72 Å². The highest BCUT2D eigenvalue weighted by atomic mass is 35.5. The van der Waals surface area contributed by atoms with Crippen LogP contribution in [-0.2, 0) is 10.0 Å². The topological polar surface area (TPSA) is 46.2 Å². The second-order valence-electron chi connectivity index (χ2n) is 4.97. The number of anilines is 1. The summed E-state index contributed by atoms with van der Waals surface area (Å²) in [5, 5.41) is 0.600. The predicted octanol–water partition coefficient (Wildman–Crippen LogP) is 4.81. The van der Waals surface area contributed by atoms with Crippen LogP contribution in [0, 0.1) is 0 Å². The zero-order valence-electron chi connectivity index (χ0n) is 12.1. The molecule has 0 bridgehead atoms. The van der Waals surface area contributed by atoms with E-state index in [-0.39, 0.29) is 4.90 Å². The fourth-order valence-electron chi connectivity index (χ4n) is 2.28. The number of hydrogen-bond donors (Lipinski definition) is 1. The summed E-state index contributed by atoms with van der Waals surface area (Å²) < 4.78 is 27.7. The van der Waals surface area contributed by atoms with E-state index in [1.54, 1.807) is 54.6 Å². The molecule has 0 aliphatic carbocycles. The predicted molar refractivity (Wildman–Crippen MR) is 94.1 cm³/mol. The molecule has 0 spiro atoms. The molecule has 3 rings (SSSR count). The maximum absolute atomic E-state index is 12.5. The molecule has 0 saturated carbocycles. The number of benzene rings is 3. The zero-order valence-corrected chi connectivity index (χ0v) is 13.7. The number of hydrogen-bond acceptors (Lipinski definition) is 2. The summed E-state index contributed by atoms with van der Waals surface area (Å²) in [7, 11) is -3.64. The first-order valence-electron chi connectivity index (χ1n) is 6.99. The number of sulfonamides is 1. The van der Waals surface area contributed by atoms with E-state index in [9.17, 15) is 8.42 Å². The molecule has 0 radical (unpaired) electrons. The van der Waals surface area contributed by atoms with Crippen molar-refractivity contribution in [2.45, 2.75) is 4.90 Å². The average molecular weight is 344 g/mol. The molecule has 5 heteroatoms. The first kappa shape index (κ1) is 15.6. The van der Waals surface area contributed by atoms with E-state index < -0.39 is 10.0 Å². The quantitative estimate of drug-likeness (QED) is 0.739. The number of nitrogens with one attached hydrogen (secondary N) is 1. The summed E-state index contributed by atoms with van der Waals surface area (Å²) in [6.07, 6.45) is 0. The van der Waals surface area contributed by atoms with E-state index in [2.05, 4.69) is 4.72 Å². The van der Waals surface area contributed by atoms with E-state index in [4.69, 9.17) is 11.6 Å². The van der Waals surface area contributed by atoms with Gasteiger partial charge in [0.25, 0.3) is 10.0 Å². The number of halogens is 1. The van der Waals surface area contributed by atoms with Crippen LogP contribution in [0.2, 0.25) is 5.02 Å². The van der Waals surface area contributed by atoms with Gasteiger partial charge < -0.3 is 0 Å². The third-order valence-electron chi connectivity index (χ3n) is 3.36. The van der Waals surface area contributed by atoms with Crippen LogP contribution in [0.4, 0.5) is 5.69 Å². The standard InChI is InChI=1S/C18H14ClNO2S/c19-15-8-6-7-14(13-15)17-11-4-5-12-18(17)20-23(21,22)16-9-2-1-3-10-16/h1-13,20H. The molecule has 0 fully saturated rings. The lowest BCUT2D eigenvalue weighted by Crippen LogP contribution is -2.13. The first-order chi connectivity index (χ1) is 11.1. The maximum Gasteiger partial charge on any atom is 0.261 e. The second kappa shape index (κ2) is 6.44. The van der Waals surface area contributed by atoms with Gasteiger partial charge in [0.1, 0.15) is 0 Å². The summed E-state index contributed by atoms with van der Waals surface area (Å²) in [5.41, 5.74) is 2.14. The molecule has 116 valence electrons. The molecule has 0 unspecified atom stereocenters. The Balaban J connectivity index is 2.02. The fourth-order valence-corrected chi connectivity index (χ4v) is 3.57. The molecule has 3 nitrogen and oxygen atoms in total. The summed E-state index contributed by atoms with van der Waals surface area (Å²) in [6, 6.07) is 22.8. The summed E-state index contributed by atoms with van der Waals surface area (Å²) in [4.78, 5) is 0.223. The van der Waals surface area contributed by atoms with Gasteiger partial charge in [-0.05, 0) is 35.9 Å². The van der Waals surface area contributed by atoms with Crippen molar-refractivity contribution in [3.8, 4) is 11.1 Å². The van der Waals surface area contributed by atoms with Gasteiger partial charge in [-0.15, -0.1) is 0 Å². The Kier molecular flexibility index (Phi) is 4.37. The molecule has 0 aliphatic rings. The van der Waals surface area contributed by atoms with Crippen LogP contribution in [0.15, 0.2) is 83.8 Å². The fraction of sp³-hybridized carbons (Fsp3) is 0. The second-order valence-corrected chi connectivity index (χ2v) is 7.09. The van der Waals surface area contributed by atoms with Crippen LogP contribution in [0.5, 0.6) is 0 Å². The van der Waals surface area contributed by atoms with Crippen LogP contribution < -0.4 is 4.72 Å². The SMILES string of the molecule is O=S(=O)(Nc1ccccc1-c1cccc(Cl)c1)c1ccccc1. The molecule has 0 heterocycles. The van der Waals surface area contributed by atoms with Gasteiger partial charge in [-0.1, -0.05) is 60.1 Å².